The lowest BCUT2D eigenvalue weighted by Crippen LogP contribution is -2.41. The molecule has 3 aromatic rings. The number of hydrogen-bond acceptors (Lipinski definition) is 7. The Balaban J connectivity index is 1.73. The van der Waals surface area contributed by atoms with Gasteiger partial charge in [-0.3, -0.25) is 33.1 Å². The number of carbonyl (C=O) groups excluding carboxylic acids is 3. The van der Waals surface area contributed by atoms with Crippen molar-refractivity contribution in [1.82, 2.24) is 19.0 Å². The Morgan fingerprint density at radius 3 is 2.42 bits per heavy atom. The normalized spacial score (nSPS) is 13.1. The minimum atomic E-state index is -0.785. The lowest BCUT2D eigenvalue weighted by molar-refractivity contribution is -0.133. The smallest absolute Gasteiger partial charge is 0.277 e. The van der Waals surface area contributed by atoms with Crippen LogP contribution in [0.1, 0.15) is 32.6 Å². The van der Waals surface area contributed by atoms with E-state index in [9.17, 15) is 24.0 Å². The first-order valence-electron chi connectivity index (χ1n) is 13.2. The summed E-state index contributed by atoms with van der Waals surface area (Å²) in [6.45, 7) is 1.78. The third-order valence-corrected chi connectivity index (χ3v) is 6.66. The fraction of sp³-hybridized carbons (Fsp3) is 0.267. The average molecular weight is 542 g/mol. The molecule has 0 saturated carbocycles. The van der Waals surface area contributed by atoms with E-state index < -0.39 is 23.0 Å². The molecule has 2 N–H and O–H groups in total. The Hall–Kier alpha value is -4.86. The summed E-state index contributed by atoms with van der Waals surface area (Å²) in [6, 6.07) is 13.5. The number of rotatable bonds is 11. The molecule has 10 heteroatoms. The molecule has 0 radical (unpaired) electrons. The average Bonchev–Trinajstić information content (AvgIpc) is 2.96. The van der Waals surface area contributed by atoms with Gasteiger partial charge in [-0.1, -0.05) is 62.6 Å². The van der Waals surface area contributed by atoms with Crippen LogP contribution >= 0.6 is 0 Å². The second-order valence-corrected chi connectivity index (χ2v) is 9.47. The monoisotopic (exact) mass is 541 g/mol. The number of hydrogen-bond donors (Lipinski definition) is 1. The first-order chi connectivity index (χ1) is 19.3. The van der Waals surface area contributed by atoms with Crippen molar-refractivity contribution in [2.75, 3.05) is 18.8 Å². The first-order valence-corrected chi connectivity index (χ1v) is 13.2. The van der Waals surface area contributed by atoms with Crippen molar-refractivity contribution in [1.29, 1.82) is 0 Å². The van der Waals surface area contributed by atoms with E-state index >= 15 is 0 Å². The molecule has 0 fully saturated rings. The van der Waals surface area contributed by atoms with Gasteiger partial charge in [0.05, 0.1) is 18.4 Å². The van der Waals surface area contributed by atoms with E-state index in [4.69, 9.17) is 5.73 Å². The van der Waals surface area contributed by atoms with Gasteiger partial charge in [0.2, 0.25) is 17.5 Å². The minimum Gasteiger partial charge on any atom is -0.393 e. The van der Waals surface area contributed by atoms with Crippen molar-refractivity contribution in [3.05, 3.63) is 99.4 Å². The van der Waals surface area contributed by atoms with Crippen LogP contribution in [-0.4, -0.2) is 49.6 Å². The largest absolute Gasteiger partial charge is 0.393 e. The van der Waals surface area contributed by atoms with Crippen molar-refractivity contribution < 1.29 is 14.4 Å². The molecule has 0 bridgehead atoms. The summed E-state index contributed by atoms with van der Waals surface area (Å²) in [4.78, 5) is 70.6. The van der Waals surface area contributed by atoms with E-state index in [1.165, 1.54) is 38.6 Å². The highest BCUT2D eigenvalue weighted by Gasteiger charge is 2.29. The van der Waals surface area contributed by atoms with Crippen LogP contribution in [0.3, 0.4) is 0 Å². The van der Waals surface area contributed by atoms with Crippen LogP contribution in [0.4, 0.5) is 5.69 Å². The number of amides is 1. The molecule has 1 aliphatic carbocycles. The van der Waals surface area contributed by atoms with E-state index in [0.717, 1.165) is 25.3 Å². The van der Waals surface area contributed by atoms with Gasteiger partial charge in [-0.05, 0) is 24.6 Å². The van der Waals surface area contributed by atoms with Crippen LogP contribution in [0, 0.1) is 0 Å². The van der Waals surface area contributed by atoms with Gasteiger partial charge in [-0.2, -0.15) is 0 Å². The van der Waals surface area contributed by atoms with Crippen molar-refractivity contribution in [2.24, 2.45) is 0 Å². The maximum absolute atomic E-state index is 13.8. The molecule has 4 rings (SSSR count). The van der Waals surface area contributed by atoms with Gasteiger partial charge in [0, 0.05) is 29.9 Å². The Kier molecular flexibility index (Phi) is 9.00. The van der Waals surface area contributed by atoms with Gasteiger partial charge >= 0.3 is 0 Å². The fourth-order valence-corrected chi connectivity index (χ4v) is 4.52. The predicted octanol–water partition coefficient (Wildman–Crippen LogP) is 2.68. The maximum Gasteiger partial charge on any atom is 0.277 e. The molecule has 2 aromatic heterocycles. The molecule has 206 valence electrons. The second kappa shape index (κ2) is 12.8. The number of nitrogens with zero attached hydrogens (tertiary/aromatic N) is 4. The van der Waals surface area contributed by atoms with Crippen molar-refractivity contribution in [2.45, 2.75) is 39.2 Å². The quantitative estimate of drug-likeness (QED) is 0.224. The zero-order valence-corrected chi connectivity index (χ0v) is 22.3. The molecule has 40 heavy (non-hydrogen) atoms. The third kappa shape index (κ3) is 6.23. The van der Waals surface area contributed by atoms with E-state index in [-0.39, 0.29) is 48.0 Å². The van der Waals surface area contributed by atoms with Crippen LogP contribution in [0.5, 0.6) is 0 Å². The summed E-state index contributed by atoms with van der Waals surface area (Å²) >= 11 is 0. The Labute approximate surface area is 231 Å². The van der Waals surface area contributed by atoms with Gasteiger partial charge in [0.25, 0.3) is 11.1 Å². The highest BCUT2D eigenvalue weighted by atomic mass is 16.2. The number of benzene rings is 1. The number of carbonyl (C=O) groups is 3. The van der Waals surface area contributed by atoms with Gasteiger partial charge in [0.1, 0.15) is 18.1 Å². The van der Waals surface area contributed by atoms with Gasteiger partial charge in [-0.25, -0.2) is 4.98 Å². The molecule has 0 atom stereocenters. The second-order valence-electron chi connectivity index (χ2n) is 9.47. The SMILES string of the molecule is CCCCCCN(CC1=C(n2ccccc2=O)C=CC(=O)C1=O)C(=O)Cn1c(-c2ccccc2)ncc(N)c1=O. The highest BCUT2D eigenvalue weighted by molar-refractivity contribution is 6.49. The van der Waals surface area contributed by atoms with Crippen LogP contribution in [0.15, 0.2) is 88.2 Å². The molecule has 1 aromatic carbocycles. The van der Waals surface area contributed by atoms with Crippen LogP contribution in [0.2, 0.25) is 0 Å². The Bertz CT molecular complexity index is 1600. The van der Waals surface area contributed by atoms with Crippen molar-refractivity contribution in [3.8, 4) is 11.4 Å². The molecule has 2 heterocycles. The number of unbranched alkanes of at least 4 members (excludes halogenated alkanes) is 3. The van der Waals surface area contributed by atoms with Gasteiger partial charge in [0.15, 0.2) is 0 Å². The van der Waals surface area contributed by atoms with Gasteiger partial charge in [-0.15, -0.1) is 0 Å². The van der Waals surface area contributed by atoms with E-state index in [1.807, 2.05) is 6.07 Å². The highest BCUT2D eigenvalue weighted by Crippen LogP contribution is 2.21. The molecular weight excluding hydrogens is 510 g/mol. The standard InChI is InChI=1S/C30H31N5O5/c1-2-3-4-9-16-33(19-22-24(14-15-25(36)28(22)39)34-17-10-8-13-26(34)37)27(38)20-35-29(21-11-6-5-7-12-21)32-18-23(31)30(35)40/h5-8,10-15,17-18H,2-4,9,16,19-20,31H2,1H3. The number of anilines is 1. The molecule has 0 unspecified atom stereocenters. The lowest BCUT2D eigenvalue weighted by atomic mass is 9.98. The number of pyridine rings is 1. The molecule has 0 saturated heterocycles. The van der Waals surface area contributed by atoms with Gasteiger partial charge < -0.3 is 10.6 Å². The number of nitrogen functional groups attached to an aromatic ring is 1. The zero-order valence-electron chi connectivity index (χ0n) is 22.3. The molecule has 1 amide bonds. The predicted molar refractivity (Wildman–Crippen MR) is 152 cm³/mol. The molecule has 10 nitrogen and oxygen atoms in total. The van der Waals surface area contributed by atoms with E-state index in [1.54, 1.807) is 36.4 Å². The van der Waals surface area contributed by atoms with Crippen LogP contribution in [-0.2, 0) is 20.9 Å². The molecule has 0 spiro atoms. The number of allylic oxidation sites excluding steroid dienone is 3. The molecule has 0 aliphatic heterocycles. The topological polar surface area (TPSA) is 137 Å². The summed E-state index contributed by atoms with van der Waals surface area (Å²) in [7, 11) is 0. The maximum atomic E-state index is 13.8. The summed E-state index contributed by atoms with van der Waals surface area (Å²) in [5.74, 6) is -1.69. The summed E-state index contributed by atoms with van der Waals surface area (Å²) < 4.78 is 2.49. The van der Waals surface area contributed by atoms with E-state index in [0.29, 0.717) is 12.0 Å². The van der Waals surface area contributed by atoms with Crippen LogP contribution < -0.4 is 16.9 Å². The zero-order chi connectivity index (χ0) is 28.6. The van der Waals surface area contributed by atoms with E-state index in [2.05, 4.69) is 11.9 Å². The summed E-state index contributed by atoms with van der Waals surface area (Å²) in [5.41, 5.74) is 5.71. The number of aromatic nitrogens is 3. The van der Waals surface area contributed by atoms with Crippen molar-refractivity contribution >= 4 is 28.9 Å². The lowest BCUT2D eigenvalue weighted by Gasteiger charge is -2.26. The Morgan fingerprint density at radius 1 is 0.950 bits per heavy atom. The fourth-order valence-electron chi connectivity index (χ4n) is 4.52. The number of ketones is 2. The third-order valence-electron chi connectivity index (χ3n) is 6.66. The molecule has 1 aliphatic rings. The first kappa shape index (κ1) is 28.2. The summed E-state index contributed by atoms with van der Waals surface area (Å²) in [5, 5.41) is 0. The number of Topliss-reactive ketones (excluding diaryl/α,β-unsaturated/α-hetero) is 1. The Morgan fingerprint density at radius 2 is 1.70 bits per heavy atom. The number of nitrogens with two attached hydrogens (primary N) is 1. The summed E-state index contributed by atoms with van der Waals surface area (Å²) in [6.07, 6.45) is 8.77. The van der Waals surface area contributed by atoms with Crippen molar-refractivity contribution in [3.63, 3.8) is 0 Å². The molecular formula is C30H31N5O5. The minimum absolute atomic E-state index is 0.0333. The van der Waals surface area contributed by atoms with Crippen LogP contribution in [0.25, 0.3) is 17.1 Å².